The SMILES string of the molecule is O=c1c2cncc(NCCCO)c2ccn1Cc1ccc2cc(CNCC3CCC3)[nH]c2c1. The highest BCUT2D eigenvalue weighted by Crippen LogP contribution is 2.25. The Morgan fingerprint density at radius 2 is 2.06 bits per heavy atom. The summed E-state index contributed by atoms with van der Waals surface area (Å²) in [6.45, 7) is 3.21. The summed E-state index contributed by atoms with van der Waals surface area (Å²) in [6, 6.07) is 10.5. The van der Waals surface area contributed by atoms with Crippen molar-refractivity contribution >= 4 is 27.4 Å². The van der Waals surface area contributed by atoms with E-state index in [1.165, 1.54) is 30.3 Å². The van der Waals surface area contributed by atoms with Gasteiger partial charge in [-0.2, -0.15) is 0 Å². The third-order valence-electron chi connectivity index (χ3n) is 6.62. The van der Waals surface area contributed by atoms with E-state index in [4.69, 9.17) is 5.11 Å². The van der Waals surface area contributed by atoms with Gasteiger partial charge in [0.05, 0.1) is 23.8 Å². The summed E-state index contributed by atoms with van der Waals surface area (Å²) < 4.78 is 1.73. The normalized spacial score (nSPS) is 14.1. The molecule has 0 aliphatic heterocycles. The van der Waals surface area contributed by atoms with E-state index in [1.54, 1.807) is 17.0 Å². The van der Waals surface area contributed by atoms with Gasteiger partial charge in [0.1, 0.15) is 0 Å². The predicted molar refractivity (Wildman–Crippen MR) is 133 cm³/mol. The number of hydrogen-bond donors (Lipinski definition) is 4. The lowest BCUT2D eigenvalue weighted by Gasteiger charge is -2.25. The molecule has 4 N–H and O–H groups in total. The van der Waals surface area contributed by atoms with Crippen LogP contribution in [-0.4, -0.2) is 39.3 Å². The smallest absolute Gasteiger partial charge is 0.260 e. The van der Waals surface area contributed by atoms with Crippen molar-refractivity contribution in [2.45, 2.75) is 38.8 Å². The molecule has 33 heavy (non-hydrogen) atoms. The number of aromatic amines is 1. The van der Waals surface area contributed by atoms with Crippen LogP contribution in [0.5, 0.6) is 0 Å². The van der Waals surface area contributed by atoms with Gasteiger partial charge in [0, 0.05) is 48.7 Å². The number of nitrogens with one attached hydrogen (secondary N) is 3. The van der Waals surface area contributed by atoms with Gasteiger partial charge in [-0.3, -0.25) is 9.78 Å². The van der Waals surface area contributed by atoms with E-state index < -0.39 is 0 Å². The van der Waals surface area contributed by atoms with Crippen LogP contribution in [0.25, 0.3) is 21.7 Å². The molecule has 0 bridgehead atoms. The summed E-state index contributed by atoms with van der Waals surface area (Å²) in [5.74, 6) is 0.851. The Morgan fingerprint density at radius 3 is 2.88 bits per heavy atom. The van der Waals surface area contributed by atoms with Gasteiger partial charge in [0.2, 0.25) is 0 Å². The molecule has 5 rings (SSSR count). The topological polar surface area (TPSA) is 95.0 Å². The molecule has 0 unspecified atom stereocenters. The number of rotatable bonds is 10. The van der Waals surface area contributed by atoms with Gasteiger partial charge in [-0.05, 0) is 60.9 Å². The van der Waals surface area contributed by atoms with Crippen molar-refractivity contribution in [2.24, 2.45) is 5.92 Å². The molecule has 0 amide bonds. The van der Waals surface area contributed by atoms with E-state index in [0.29, 0.717) is 24.9 Å². The van der Waals surface area contributed by atoms with E-state index in [0.717, 1.165) is 41.2 Å². The Labute approximate surface area is 192 Å². The van der Waals surface area contributed by atoms with Crippen molar-refractivity contribution in [3.8, 4) is 0 Å². The highest BCUT2D eigenvalue weighted by atomic mass is 16.3. The number of aliphatic hydroxyl groups excluding tert-OH is 1. The zero-order chi connectivity index (χ0) is 22.6. The van der Waals surface area contributed by atoms with E-state index in [1.807, 2.05) is 12.3 Å². The highest BCUT2D eigenvalue weighted by molar-refractivity contribution is 5.92. The molecule has 1 saturated carbocycles. The number of fused-ring (bicyclic) bond motifs is 2. The fourth-order valence-corrected chi connectivity index (χ4v) is 4.51. The van der Waals surface area contributed by atoms with Crippen LogP contribution in [-0.2, 0) is 13.1 Å². The molecule has 1 aliphatic rings. The summed E-state index contributed by atoms with van der Waals surface area (Å²) in [4.78, 5) is 20.9. The van der Waals surface area contributed by atoms with Crippen LogP contribution in [0.3, 0.4) is 0 Å². The molecule has 3 aromatic heterocycles. The molecule has 7 nitrogen and oxygen atoms in total. The average Bonchev–Trinajstić information content (AvgIpc) is 3.20. The van der Waals surface area contributed by atoms with Crippen LogP contribution < -0.4 is 16.2 Å². The third kappa shape index (κ3) is 4.79. The molecule has 0 radical (unpaired) electrons. The lowest BCUT2D eigenvalue weighted by atomic mass is 9.85. The van der Waals surface area contributed by atoms with Gasteiger partial charge >= 0.3 is 0 Å². The largest absolute Gasteiger partial charge is 0.396 e. The molecule has 1 fully saturated rings. The van der Waals surface area contributed by atoms with Crippen LogP contribution in [0.1, 0.15) is 36.9 Å². The fraction of sp³-hybridized carbons (Fsp3) is 0.385. The molecule has 3 heterocycles. The summed E-state index contributed by atoms with van der Waals surface area (Å²) in [5, 5.41) is 18.4. The number of pyridine rings is 2. The molecule has 0 atom stereocenters. The van der Waals surface area contributed by atoms with E-state index in [-0.39, 0.29) is 12.2 Å². The van der Waals surface area contributed by atoms with Crippen molar-refractivity contribution in [3.05, 3.63) is 70.5 Å². The highest BCUT2D eigenvalue weighted by Gasteiger charge is 2.16. The monoisotopic (exact) mass is 445 g/mol. The Bertz CT molecular complexity index is 1310. The molecular formula is C26H31N5O2. The van der Waals surface area contributed by atoms with E-state index in [9.17, 15) is 4.79 Å². The van der Waals surface area contributed by atoms with Crippen LogP contribution in [0.4, 0.5) is 5.69 Å². The number of aliphatic hydroxyl groups is 1. The first kappa shape index (κ1) is 21.7. The first-order valence-electron chi connectivity index (χ1n) is 11.8. The van der Waals surface area contributed by atoms with Gasteiger partial charge < -0.3 is 25.3 Å². The number of hydrogen-bond acceptors (Lipinski definition) is 5. The molecule has 7 heteroatoms. The van der Waals surface area contributed by atoms with Crippen LogP contribution >= 0.6 is 0 Å². The second-order valence-corrected chi connectivity index (χ2v) is 9.05. The summed E-state index contributed by atoms with van der Waals surface area (Å²) in [6.07, 6.45) is 9.93. The Balaban J connectivity index is 1.32. The molecule has 0 spiro atoms. The number of anilines is 1. The number of aromatic nitrogens is 3. The van der Waals surface area contributed by atoms with Crippen molar-refractivity contribution in [1.29, 1.82) is 0 Å². The second kappa shape index (κ2) is 9.77. The minimum atomic E-state index is -0.0572. The minimum absolute atomic E-state index is 0.0572. The average molecular weight is 446 g/mol. The zero-order valence-electron chi connectivity index (χ0n) is 18.8. The number of H-pyrrole nitrogens is 1. The van der Waals surface area contributed by atoms with Crippen molar-refractivity contribution in [2.75, 3.05) is 25.0 Å². The van der Waals surface area contributed by atoms with Crippen LogP contribution in [0, 0.1) is 5.92 Å². The van der Waals surface area contributed by atoms with Gasteiger partial charge in [-0.25, -0.2) is 0 Å². The Hall–Kier alpha value is -3.16. The van der Waals surface area contributed by atoms with Crippen LogP contribution in [0.2, 0.25) is 0 Å². The predicted octanol–water partition coefficient (Wildman–Crippen LogP) is 3.61. The fourth-order valence-electron chi connectivity index (χ4n) is 4.51. The number of benzene rings is 1. The Morgan fingerprint density at radius 1 is 1.15 bits per heavy atom. The third-order valence-corrected chi connectivity index (χ3v) is 6.62. The summed E-state index contributed by atoms with van der Waals surface area (Å²) >= 11 is 0. The second-order valence-electron chi connectivity index (χ2n) is 9.05. The molecular weight excluding hydrogens is 414 g/mol. The van der Waals surface area contributed by atoms with Crippen LogP contribution in [0.15, 0.2) is 53.7 Å². The first-order chi connectivity index (χ1) is 16.2. The zero-order valence-corrected chi connectivity index (χ0v) is 18.8. The quantitative estimate of drug-likeness (QED) is 0.280. The molecule has 172 valence electrons. The van der Waals surface area contributed by atoms with Gasteiger partial charge in [0.15, 0.2) is 0 Å². The molecule has 1 aromatic carbocycles. The van der Waals surface area contributed by atoms with Gasteiger partial charge in [-0.15, -0.1) is 0 Å². The maximum atomic E-state index is 13.1. The maximum absolute atomic E-state index is 13.1. The Kier molecular flexibility index (Phi) is 6.41. The summed E-state index contributed by atoms with van der Waals surface area (Å²) in [5.41, 5.74) is 4.12. The van der Waals surface area contributed by atoms with E-state index in [2.05, 4.69) is 44.9 Å². The van der Waals surface area contributed by atoms with Crippen molar-refractivity contribution < 1.29 is 5.11 Å². The maximum Gasteiger partial charge on any atom is 0.260 e. The first-order valence-corrected chi connectivity index (χ1v) is 11.8. The molecule has 1 aliphatic carbocycles. The lowest BCUT2D eigenvalue weighted by Crippen LogP contribution is -2.26. The van der Waals surface area contributed by atoms with Crippen molar-refractivity contribution in [3.63, 3.8) is 0 Å². The van der Waals surface area contributed by atoms with Crippen molar-refractivity contribution in [1.82, 2.24) is 19.9 Å². The molecule has 0 saturated heterocycles. The number of nitrogens with zero attached hydrogens (tertiary/aromatic N) is 2. The van der Waals surface area contributed by atoms with Gasteiger partial charge in [0.25, 0.3) is 5.56 Å². The van der Waals surface area contributed by atoms with E-state index >= 15 is 0 Å². The standard InChI is InChI=1S/C26H31N5O2/c32-10-2-8-29-25-16-28-15-23-22(25)7-9-31(26(23)33)17-19-5-6-20-12-21(30-24(20)11-19)14-27-13-18-3-1-4-18/h5-7,9,11-12,15-16,18,27,29-30,32H,1-4,8,10,13-14,17H2. The molecule has 4 aromatic rings. The summed E-state index contributed by atoms with van der Waals surface area (Å²) in [7, 11) is 0. The lowest BCUT2D eigenvalue weighted by molar-refractivity contribution is 0.292. The minimum Gasteiger partial charge on any atom is -0.396 e. The van der Waals surface area contributed by atoms with Gasteiger partial charge in [-0.1, -0.05) is 18.6 Å².